The molecule has 0 bridgehead atoms. The van der Waals surface area contributed by atoms with E-state index in [0.717, 1.165) is 18.5 Å². The van der Waals surface area contributed by atoms with E-state index >= 15 is 0 Å². The standard InChI is InChI=1S/C18H19N3O3/c1-11(22)13-10-19-17(21-18(23)12-7-8-12)9-15(13)20-14-5-3-4-6-16(14)24-2/h3-6,9-10,12H,7-8H2,1-2H3,(H2,19,20,21,23). The van der Waals surface area contributed by atoms with Gasteiger partial charge >= 0.3 is 0 Å². The van der Waals surface area contributed by atoms with Crippen LogP contribution in [0.5, 0.6) is 5.75 Å². The molecule has 24 heavy (non-hydrogen) atoms. The van der Waals surface area contributed by atoms with E-state index in [0.29, 0.717) is 22.8 Å². The summed E-state index contributed by atoms with van der Waals surface area (Å²) in [5, 5.41) is 5.99. The number of nitrogens with one attached hydrogen (secondary N) is 2. The van der Waals surface area contributed by atoms with Crippen molar-refractivity contribution in [3.63, 3.8) is 0 Å². The Morgan fingerprint density at radius 3 is 2.62 bits per heavy atom. The van der Waals surface area contributed by atoms with Crippen LogP contribution in [0.25, 0.3) is 0 Å². The number of pyridine rings is 1. The van der Waals surface area contributed by atoms with Crippen LogP contribution in [0.4, 0.5) is 17.2 Å². The maximum absolute atomic E-state index is 11.9. The molecule has 2 N–H and O–H groups in total. The SMILES string of the molecule is COc1ccccc1Nc1cc(NC(=O)C2CC2)ncc1C(C)=O. The molecule has 1 aliphatic carbocycles. The van der Waals surface area contributed by atoms with Crippen molar-refractivity contribution in [1.29, 1.82) is 0 Å². The number of Topliss-reactive ketones (excluding diaryl/α,β-unsaturated/α-hetero) is 1. The van der Waals surface area contributed by atoms with Gasteiger partial charge in [-0.05, 0) is 31.9 Å². The summed E-state index contributed by atoms with van der Waals surface area (Å²) in [5.41, 5.74) is 1.76. The Hall–Kier alpha value is -2.89. The highest BCUT2D eigenvalue weighted by Gasteiger charge is 2.30. The van der Waals surface area contributed by atoms with Crippen LogP contribution in [0.2, 0.25) is 0 Å². The Morgan fingerprint density at radius 1 is 1.21 bits per heavy atom. The number of para-hydroxylation sites is 2. The number of carbonyl (C=O) groups is 2. The predicted octanol–water partition coefficient (Wildman–Crippen LogP) is 3.38. The molecule has 1 fully saturated rings. The van der Waals surface area contributed by atoms with Crippen molar-refractivity contribution in [3.8, 4) is 5.75 Å². The molecule has 1 aromatic carbocycles. The first-order chi connectivity index (χ1) is 11.6. The number of methoxy groups -OCH3 is 1. The summed E-state index contributed by atoms with van der Waals surface area (Å²) in [5.74, 6) is 1.04. The summed E-state index contributed by atoms with van der Waals surface area (Å²) < 4.78 is 5.32. The molecule has 6 nitrogen and oxygen atoms in total. The number of aromatic nitrogens is 1. The number of ketones is 1. The number of rotatable bonds is 6. The fraction of sp³-hybridized carbons (Fsp3) is 0.278. The minimum absolute atomic E-state index is 0.0266. The summed E-state index contributed by atoms with van der Waals surface area (Å²) in [6, 6.07) is 9.08. The number of nitrogens with zero attached hydrogens (tertiary/aromatic N) is 1. The monoisotopic (exact) mass is 325 g/mol. The molecule has 1 saturated carbocycles. The molecule has 1 aromatic heterocycles. The van der Waals surface area contributed by atoms with Crippen molar-refractivity contribution < 1.29 is 14.3 Å². The van der Waals surface area contributed by atoms with Crippen LogP contribution < -0.4 is 15.4 Å². The predicted molar refractivity (Wildman–Crippen MR) is 91.9 cm³/mol. The summed E-state index contributed by atoms with van der Waals surface area (Å²) in [6.45, 7) is 1.48. The van der Waals surface area contributed by atoms with E-state index in [1.807, 2.05) is 24.3 Å². The fourth-order valence-corrected chi connectivity index (χ4v) is 2.37. The lowest BCUT2D eigenvalue weighted by Crippen LogP contribution is -2.15. The van der Waals surface area contributed by atoms with Gasteiger partial charge in [-0.25, -0.2) is 4.98 Å². The van der Waals surface area contributed by atoms with Gasteiger partial charge in [0.15, 0.2) is 5.78 Å². The van der Waals surface area contributed by atoms with Gasteiger partial charge in [-0.3, -0.25) is 9.59 Å². The second-order valence-electron chi connectivity index (χ2n) is 5.76. The third-order valence-corrected chi connectivity index (χ3v) is 3.86. The maximum Gasteiger partial charge on any atom is 0.228 e. The van der Waals surface area contributed by atoms with Gasteiger partial charge in [0, 0.05) is 18.2 Å². The van der Waals surface area contributed by atoms with Gasteiger partial charge in [0.1, 0.15) is 11.6 Å². The van der Waals surface area contributed by atoms with Crippen molar-refractivity contribution in [2.24, 2.45) is 5.92 Å². The number of hydrogen-bond acceptors (Lipinski definition) is 5. The molecule has 0 saturated heterocycles. The lowest BCUT2D eigenvalue weighted by molar-refractivity contribution is -0.117. The third kappa shape index (κ3) is 3.53. The molecule has 1 aliphatic rings. The second kappa shape index (κ2) is 6.70. The highest BCUT2D eigenvalue weighted by molar-refractivity contribution is 6.01. The smallest absolute Gasteiger partial charge is 0.228 e. The molecule has 0 spiro atoms. The molecule has 124 valence electrons. The highest BCUT2D eigenvalue weighted by atomic mass is 16.5. The molecular formula is C18H19N3O3. The van der Waals surface area contributed by atoms with Crippen molar-refractivity contribution >= 4 is 28.9 Å². The Labute approximate surface area is 140 Å². The summed E-state index contributed by atoms with van der Waals surface area (Å²) in [4.78, 5) is 27.9. The maximum atomic E-state index is 11.9. The number of amides is 1. The highest BCUT2D eigenvalue weighted by Crippen LogP contribution is 2.32. The number of carbonyl (C=O) groups excluding carboxylic acids is 2. The van der Waals surface area contributed by atoms with Gasteiger partial charge in [0.25, 0.3) is 0 Å². The topological polar surface area (TPSA) is 80.3 Å². The van der Waals surface area contributed by atoms with E-state index in [-0.39, 0.29) is 17.6 Å². The van der Waals surface area contributed by atoms with Crippen LogP contribution in [0.3, 0.4) is 0 Å². The minimum atomic E-state index is -0.111. The number of hydrogen-bond donors (Lipinski definition) is 2. The number of anilines is 3. The van der Waals surface area contributed by atoms with Crippen LogP contribution >= 0.6 is 0 Å². The molecule has 1 heterocycles. The van der Waals surface area contributed by atoms with E-state index in [4.69, 9.17) is 4.74 Å². The lowest BCUT2D eigenvalue weighted by Gasteiger charge is -2.14. The van der Waals surface area contributed by atoms with Crippen LogP contribution in [0.1, 0.15) is 30.1 Å². The van der Waals surface area contributed by atoms with Crippen LogP contribution in [-0.4, -0.2) is 23.8 Å². The molecule has 1 amide bonds. The van der Waals surface area contributed by atoms with Gasteiger partial charge in [0.05, 0.1) is 24.0 Å². The Kier molecular flexibility index (Phi) is 4.46. The second-order valence-corrected chi connectivity index (χ2v) is 5.76. The number of benzene rings is 1. The van der Waals surface area contributed by atoms with Crippen molar-refractivity contribution in [2.45, 2.75) is 19.8 Å². The molecule has 0 aliphatic heterocycles. The number of ether oxygens (including phenoxy) is 1. The van der Waals surface area contributed by atoms with E-state index in [1.165, 1.54) is 13.1 Å². The van der Waals surface area contributed by atoms with E-state index in [9.17, 15) is 9.59 Å². The summed E-state index contributed by atoms with van der Waals surface area (Å²) in [7, 11) is 1.58. The molecule has 6 heteroatoms. The van der Waals surface area contributed by atoms with Gasteiger partial charge < -0.3 is 15.4 Å². The van der Waals surface area contributed by atoms with Gasteiger partial charge in [-0.15, -0.1) is 0 Å². The Bertz CT molecular complexity index is 785. The van der Waals surface area contributed by atoms with E-state index < -0.39 is 0 Å². The van der Waals surface area contributed by atoms with Crippen molar-refractivity contribution in [1.82, 2.24) is 4.98 Å². The van der Waals surface area contributed by atoms with Crippen LogP contribution in [-0.2, 0) is 4.79 Å². The average molecular weight is 325 g/mol. The zero-order chi connectivity index (χ0) is 17.1. The Balaban J connectivity index is 1.90. The molecule has 3 rings (SSSR count). The van der Waals surface area contributed by atoms with Gasteiger partial charge in [-0.1, -0.05) is 12.1 Å². The molecule has 0 radical (unpaired) electrons. The van der Waals surface area contributed by atoms with E-state index in [1.54, 1.807) is 13.2 Å². The summed E-state index contributed by atoms with van der Waals surface area (Å²) in [6.07, 6.45) is 3.32. The molecule has 0 atom stereocenters. The molecular weight excluding hydrogens is 306 g/mol. The summed E-state index contributed by atoms with van der Waals surface area (Å²) >= 11 is 0. The molecule has 0 unspecified atom stereocenters. The minimum Gasteiger partial charge on any atom is -0.495 e. The van der Waals surface area contributed by atoms with Crippen LogP contribution in [0, 0.1) is 5.92 Å². The average Bonchev–Trinajstić information content (AvgIpc) is 3.40. The molecule has 2 aromatic rings. The van der Waals surface area contributed by atoms with Crippen molar-refractivity contribution in [2.75, 3.05) is 17.7 Å². The first-order valence-electron chi connectivity index (χ1n) is 7.80. The van der Waals surface area contributed by atoms with Gasteiger partial charge in [0.2, 0.25) is 5.91 Å². The lowest BCUT2D eigenvalue weighted by atomic mass is 10.1. The first kappa shape index (κ1) is 16.0. The third-order valence-electron chi connectivity index (χ3n) is 3.86. The van der Waals surface area contributed by atoms with Gasteiger partial charge in [-0.2, -0.15) is 0 Å². The Morgan fingerprint density at radius 2 is 1.96 bits per heavy atom. The van der Waals surface area contributed by atoms with Crippen molar-refractivity contribution in [3.05, 3.63) is 42.1 Å². The first-order valence-corrected chi connectivity index (χ1v) is 7.80. The zero-order valence-corrected chi connectivity index (χ0v) is 13.6. The fourth-order valence-electron chi connectivity index (χ4n) is 2.37. The largest absolute Gasteiger partial charge is 0.495 e. The normalized spacial score (nSPS) is 13.2. The van der Waals surface area contributed by atoms with E-state index in [2.05, 4.69) is 15.6 Å². The quantitative estimate of drug-likeness (QED) is 0.796. The zero-order valence-electron chi connectivity index (χ0n) is 13.6. The van der Waals surface area contributed by atoms with Crippen LogP contribution in [0.15, 0.2) is 36.5 Å².